The van der Waals surface area contributed by atoms with Crippen molar-refractivity contribution >= 4 is 23.4 Å². The summed E-state index contributed by atoms with van der Waals surface area (Å²) in [5.41, 5.74) is 3.75. The maximum atomic E-state index is 13.7. The van der Waals surface area contributed by atoms with Crippen LogP contribution >= 0.6 is 11.6 Å². The van der Waals surface area contributed by atoms with E-state index in [9.17, 15) is 9.59 Å². The molecular weight excluding hydrogens is 484 g/mol. The van der Waals surface area contributed by atoms with Gasteiger partial charge in [0, 0.05) is 13.1 Å². The third-order valence-electron chi connectivity index (χ3n) is 5.97. The Hall–Kier alpha value is -4.09. The van der Waals surface area contributed by atoms with Crippen molar-refractivity contribution in [3.05, 3.63) is 136 Å². The van der Waals surface area contributed by atoms with Gasteiger partial charge in [-0.15, -0.1) is 0 Å². The lowest BCUT2D eigenvalue weighted by Gasteiger charge is -2.31. The fourth-order valence-electron chi connectivity index (χ4n) is 3.99. The number of hydrogen-bond donors (Lipinski definition) is 1. The largest absolute Gasteiger partial charge is 0.482 e. The summed E-state index contributed by atoms with van der Waals surface area (Å²) in [6, 6.07) is 33.0. The van der Waals surface area contributed by atoms with Gasteiger partial charge in [0.1, 0.15) is 11.8 Å². The highest BCUT2D eigenvalue weighted by molar-refractivity contribution is 6.32. The highest BCUT2D eigenvalue weighted by Gasteiger charge is 2.31. The smallest absolute Gasteiger partial charge is 0.261 e. The van der Waals surface area contributed by atoms with Gasteiger partial charge in [0.15, 0.2) is 6.61 Å². The monoisotopic (exact) mass is 512 g/mol. The average molecular weight is 513 g/mol. The van der Waals surface area contributed by atoms with E-state index in [-0.39, 0.29) is 25.0 Å². The molecule has 0 fully saturated rings. The molecule has 0 spiro atoms. The lowest BCUT2D eigenvalue weighted by atomic mass is 10.0. The summed E-state index contributed by atoms with van der Waals surface area (Å²) in [5, 5.41) is 3.44. The first-order valence-electron chi connectivity index (χ1n) is 12.1. The number of nitrogens with zero attached hydrogens (tertiary/aromatic N) is 1. The van der Waals surface area contributed by atoms with Crippen LogP contribution in [-0.2, 0) is 22.7 Å². The van der Waals surface area contributed by atoms with Crippen LogP contribution in [0, 0.1) is 6.92 Å². The molecular formula is C31H29ClN2O3. The van der Waals surface area contributed by atoms with Crippen LogP contribution < -0.4 is 10.1 Å². The molecule has 0 aromatic heterocycles. The third kappa shape index (κ3) is 7.21. The Morgan fingerprint density at radius 1 is 0.811 bits per heavy atom. The van der Waals surface area contributed by atoms with Gasteiger partial charge in [-0.1, -0.05) is 114 Å². The van der Waals surface area contributed by atoms with Gasteiger partial charge in [0.2, 0.25) is 5.91 Å². The van der Waals surface area contributed by atoms with Crippen molar-refractivity contribution in [2.24, 2.45) is 0 Å². The van der Waals surface area contributed by atoms with Crippen LogP contribution in [0.4, 0.5) is 0 Å². The number of rotatable bonds is 10. The molecule has 0 radical (unpaired) electrons. The number of benzene rings is 4. The molecule has 188 valence electrons. The summed E-state index contributed by atoms with van der Waals surface area (Å²) in [4.78, 5) is 28.9. The number of ether oxygens (including phenoxy) is 1. The van der Waals surface area contributed by atoms with Crippen molar-refractivity contribution in [3.8, 4) is 5.75 Å². The van der Waals surface area contributed by atoms with Crippen molar-refractivity contribution in [3.63, 3.8) is 0 Å². The first-order valence-corrected chi connectivity index (χ1v) is 12.5. The van der Waals surface area contributed by atoms with Gasteiger partial charge in [0.05, 0.1) is 5.02 Å². The van der Waals surface area contributed by atoms with Crippen LogP contribution in [-0.4, -0.2) is 23.3 Å². The number of halogens is 1. The van der Waals surface area contributed by atoms with Crippen molar-refractivity contribution < 1.29 is 14.3 Å². The highest BCUT2D eigenvalue weighted by Crippen LogP contribution is 2.26. The molecule has 0 saturated carbocycles. The molecule has 37 heavy (non-hydrogen) atoms. The molecule has 0 aliphatic rings. The standard InChI is InChI=1S/C31H29ClN2O3/c1-23-16-18-24(19-17-23)20-33-31(36)30(26-12-6-3-7-13-26)34(21-25-10-4-2-5-11-25)29(35)22-37-28-15-9-8-14-27(28)32/h2-19,30H,20-22H2,1H3,(H,33,36). The second-order valence-corrected chi connectivity index (χ2v) is 9.15. The quantitative estimate of drug-likeness (QED) is 0.279. The molecule has 4 rings (SSSR count). The molecule has 0 bridgehead atoms. The maximum absolute atomic E-state index is 13.7. The number of nitrogens with one attached hydrogen (secondary N) is 1. The number of aryl methyl sites for hydroxylation is 1. The SMILES string of the molecule is Cc1ccc(CNC(=O)C(c2ccccc2)N(Cc2ccccc2)C(=O)COc2ccccc2Cl)cc1. The molecule has 6 heteroatoms. The Labute approximate surface area is 222 Å². The van der Waals surface area contributed by atoms with E-state index in [1.54, 1.807) is 29.2 Å². The Bertz CT molecular complexity index is 1310. The zero-order valence-corrected chi connectivity index (χ0v) is 21.4. The lowest BCUT2D eigenvalue weighted by molar-refractivity contribution is -0.143. The minimum Gasteiger partial charge on any atom is -0.482 e. The molecule has 1 unspecified atom stereocenters. The Morgan fingerprint density at radius 3 is 2.11 bits per heavy atom. The minimum absolute atomic E-state index is 0.239. The van der Waals surface area contributed by atoms with Crippen LogP contribution in [0.3, 0.4) is 0 Å². The molecule has 0 aliphatic heterocycles. The summed E-state index contributed by atoms with van der Waals surface area (Å²) in [6.07, 6.45) is 0. The van der Waals surface area contributed by atoms with E-state index < -0.39 is 6.04 Å². The molecule has 1 N–H and O–H groups in total. The number of amides is 2. The molecule has 0 saturated heterocycles. The number of para-hydroxylation sites is 1. The van der Waals surface area contributed by atoms with Crippen molar-refractivity contribution in [2.45, 2.75) is 26.1 Å². The fourth-order valence-corrected chi connectivity index (χ4v) is 4.18. The number of carbonyl (C=O) groups excluding carboxylic acids is 2. The van der Waals surface area contributed by atoms with E-state index in [1.807, 2.05) is 91.9 Å². The van der Waals surface area contributed by atoms with E-state index in [0.717, 1.165) is 16.7 Å². The van der Waals surface area contributed by atoms with Gasteiger partial charge < -0.3 is 15.0 Å². The summed E-state index contributed by atoms with van der Waals surface area (Å²) >= 11 is 6.22. The topological polar surface area (TPSA) is 58.6 Å². The predicted molar refractivity (Wildman–Crippen MR) is 146 cm³/mol. The van der Waals surface area contributed by atoms with Crippen LogP contribution in [0.15, 0.2) is 109 Å². The molecule has 5 nitrogen and oxygen atoms in total. The van der Waals surface area contributed by atoms with Crippen molar-refractivity contribution in [2.75, 3.05) is 6.61 Å². The molecule has 4 aromatic rings. The van der Waals surface area contributed by atoms with E-state index in [4.69, 9.17) is 16.3 Å². The van der Waals surface area contributed by atoms with Crippen LogP contribution in [0.5, 0.6) is 5.75 Å². The molecule has 2 amide bonds. The predicted octanol–water partition coefficient (Wildman–Crippen LogP) is 6.11. The van der Waals surface area contributed by atoms with Crippen LogP contribution in [0.1, 0.15) is 28.3 Å². The summed E-state index contributed by atoms with van der Waals surface area (Å²) in [7, 11) is 0. The second kappa shape index (κ2) is 12.7. The van der Waals surface area contributed by atoms with E-state index >= 15 is 0 Å². The highest BCUT2D eigenvalue weighted by atomic mass is 35.5. The van der Waals surface area contributed by atoms with Crippen molar-refractivity contribution in [1.29, 1.82) is 0 Å². The average Bonchev–Trinajstić information content (AvgIpc) is 2.93. The first kappa shape index (κ1) is 26.0. The second-order valence-electron chi connectivity index (χ2n) is 8.74. The number of carbonyl (C=O) groups is 2. The Kier molecular flexibility index (Phi) is 8.95. The van der Waals surface area contributed by atoms with Crippen molar-refractivity contribution in [1.82, 2.24) is 10.2 Å². The van der Waals surface area contributed by atoms with Gasteiger partial charge in [-0.3, -0.25) is 9.59 Å². The molecule has 4 aromatic carbocycles. The molecule has 0 heterocycles. The summed E-state index contributed by atoms with van der Waals surface area (Å²) < 4.78 is 5.77. The zero-order valence-electron chi connectivity index (χ0n) is 20.6. The normalized spacial score (nSPS) is 11.4. The minimum atomic E-state index is -0.853. The van der Waals surface area contributed by atoms with Crippen LogP contribution in [0.2, 0.25) is 5.02 Å². The zero-order chi connectivity index (χ0) is 26.0. The summed E-state index contributed by atoms with van der Waals surface area (Å²) in [5.74, 6) is -0.186. The Morgan fingerprint density at radius 2 is 1.43 bits per heavy atom. The maximum Gasteiger partial charge on any atom is 0.261 e. The lowest BCUT2D eigenvalue weighted by Crippen LogP contribution is -2.45. The summed E-state index contributed by atoms with van der Waals surface area (Å²) in [6.45, 7) is 2.35. The number of hydrogen-bond acceptors (Lipinski definition) is 3. The fraction of sp³-hybridized carbons (Fsp3) is 0.161. The van der Waals surface area contributed by atoms with E-state index in [2.05, 4.69) is 5.32 Å². The van der Waals surface area contributed by atoms with Gasteiger partial charge in [-0.25, -0.2) is 0 Å². The van der Waals surface area contributed by atoms with Gasteiger partial charge in [-0.2, -0.15) is 0 Å². The van der Waals surface area contributed by atoms with Gasteiger partial charge >= 0.3 is 0 Å². The van der Waals surface area contributed by atoms with Gasteiger partial charge in [0.25, 0.3) is 5.91 Å². The third-order valence-corrected chi connectivity index (χ3v) is 6.28. The molecule has 0 aliphatic carbocycles. The van der Waals surface area contributed by atoms with Crippen LogP contribution in [0.25, 0.3) is 0 Å². The van der Waals surface area contributed by atoms with Gasteiger partial charge in [-0.05, 0) is 35.7 Å². The first-order chi connectivity index (χ1) is 18.0. The Balaban J connectivity index is 1.62. The van der Waals surface area contributed by atoms with E-state index in [1.165, 1.54) is 0 Å². The van der Waals surface area contributed by atoms with E-state index in [0.29, 0.717) is 22.9 Å². The molecule has 1 atom stereocenters.